The molecule has 0 bridgehead atoms. The Morgan fingerprint density at radius 2 is 0.349 bits per heavy atom. The van der Waals surface area contributed by atoms with Crippen molar-refractivity contribution >= 4 is 71.6 Å². The number of carboxylic acids is 6. The van der Waals surface area contributed by atoms with E-state index in [9.17, 15) is 177 Å². The van der Waals surface area contributed by atoms with Gasteiger partial charge in [0.25, 0.3) is 0 Å². The first kappa shape index (κ1) is 113. The van der Waals surface area contributed by atoms with Crippen molar-refractivity contribution in [1.82, 2.24) is 0 Å². The summed E-state index contributed by atoms with van der Waals surface area (Å²) >= 11 is 0. The quantitative estimate of drug-likeness (QED) is 0.0106. The summed E-state index contributed by atoms with van der Waals surface area (Å²) in [4.78, 5) is 149. The smallest absolute Gasteiger partial charge is 0.411 e. The van der Waals surface area contributed by atoms with Gasteiger partial charge in [-0.2, -0.15) is 79.0 Å². The second-order valence-electron chi connectivity index (χ2n) is 32.3. The zero-order chi connectivity index (χ0) is 110. The Hall–Kier alpha value is -17.5. The lowest BCUT2D eigenvalue weighted by Gasteiger charge is -2.38. The lowest BCUT2D eigenvalue weighted by Crippen LogP contribution is -2.55. The average molecular weight is 2100 g/mol. The van der Waals surface area contributed by atoms with Crippen LogP contribution in [0.1, 0.15) is 213 Å². The van der Waals surface area contributed by atoms with E-state index in [1.807, 2.05) is 0 Å². The Morgan fingerprint density at radius 1 is 0.201 bits per heavy atom. The molecule has 0 saturated heterocycles. The van der Waals surface area contributed by atoms with E-state index in [4.69, 9.17) is 38.6 Å². The summed E-state index contributed by atoms with van der Waals surface area (Å²) in [7, 11) is 0. The molecule has 46 heteroatoms. The van der Waals surface area contributed by atoms with Crippen molar-refractivity contribution in [3.63, 3.8) is 0 Å². The molecule has 0 saturated carbocycles. The molecule has 0 amide bonds. The average Bonchev–Trinajstić information content (AvgIpc) is 0.716. The molecule has 0 heterocycles. The van der Waals surface area contributed by atoms with Crippen LogP contribution in [0.2, 0.25) is 0 Å². The Kier molecular flexibility index (Phi) is 34.9. The van der Waals surface area contributed by atoms with Gasteiger partial charge in [-0.15, -0.1) is 0 Å². The predicted octanol–water partition coefficient (Wildman–Crippen LogP) is 20.6. The van der Waals surface area contributed by atoms with E-state index in [2.05, 4.69) is 0 Å². The van der Waals surface area contributed by atoms with Crippen molar-refractivity contribution in [1.29, 1.82) is 0 Å². The van der Waals surface area contributed by atoms with Crippen LogP contribution in [-0.4, -0.2) is 160 Å². The summed E-state index contributed by atoms with van der Waals surface area (Å²) in [6.45, 7) is -0.0938. The van der Waals surface area contributed by atoms with Crippen molar-refractivity contribution in [2.45, 2.75) is 120 Å². The number of carbonyl (C=O) groups is 12. The number of rotatable bonds is 32. The number of aromatic carboxylic acids is 6. The minimum Gasteiger partial charge on any atom is -0.508 e. The molecule has 0 radical (unpaired) electrons. The number of esters is 6. The van der Waals surface area contributed by atoms with Crippen LogP contribution in [0.3, 0.4) is 0 Å². The predicted molar refractivity (Wildman–Crippen MR) is 477 cm³/mol. The van der Waals surface area contributed by atoms with E-state index in [0.717, 1.165) is 11.1 Å². The van der Waals surface area contributed by atoms with Crippen molar-refractivity contribution in [2.75, 3.05) is 0 Å². The largest absolute Gasteiger partial charge is 0.508 e. The maximum atomic E-state index is 15.0. The van der Waals surface area contributed by atoms with E-state index >= 15 is 0 Å². The van der Waals surface area contributed by atoms with Crippen molar-refractivity contribution in [3.8, 4) is 11.5 Å². The van der Waals surface area contributed by atoms with Gasteiger partial charge < -0.3 is 79.5 Å². The normalized spacial score (nSPS) is 11.9. The number of hydrogen-bond acceptors (Lipinski definition) is 22. The van der Waals surface area contributed by atoms with Crippen LogP contribution in [-0.2, 0) is 97.5 Å². The summed E-state index contributed by atoms with van der Waals surface area (Å²) in [6.07, 6.45) is -37.7. The fourth-order valence-corrected chi connectivity index (χ4v) is 15.1. The number of hydrogen-bond donors (Lipinski definition) is 10. The van der Waals surface area contributed by atoms with E-state index in [1.165, 1.54) is 109 Å². The molecular formula is C103H74F18O28. The second-order valence-corrected chi connectivity index (χ2v) is 32.3. The van der Waals surface area contributed by atoms with Crippen LogP contribution < -0.4 is 0 Å². The molecule has 0 atom stereocenters. The summed E-state index contributed by atoms with van der Waals surface area (Å²) in [5.41, 5.74) is -33.4. The number of ether oxygens (including phenoxy) is 6. The van der Waals surface area contributed by atoms with Gasteiger partial charge in [0.05, 0.1) is 80.0 Å². The van der Waals surface area contributed by atoms with Gasteiger partial charge in [0.2, 0.25) is 16.2 Å². The van der Waals surface area contributed by atoms with Crippen LogP contribution in [0.5, 0.6) is 11.5 Å². The van der Waals surface area contributed by atoms with Gasteiger partial charge in [0.1, 0.15) is 51.1 Å². The first-order valence-corrected chi connectivity index (χ1v) is 42.4. The molecule has 780 valence electrons. The maximum Gasteiger partial charge on any atom is 0.411 e. The summed E-state index contributed by atoms with van der Waals surface area (Å²) in [5.74, 6) is -21.0. The van der Waals surface area contributed by atoms with E-state index < -0.39 is 258 Å². The van der Waals surface area contributed by atoms with Crippen molar-refractivity contribution in [3.05, 3.63) is 411 Å². The molecule has 0 fully saturated rings. The molecule has 0 aliphatic rings. The van der Waals surface area contributed by atoms with Gasteiger partial charge in [-0.1, -0.05) is 169 Å². The van der Waals surface area contributed by atoms with Crippen LogP contribution in [0.25, 0.3) is 0 Å². The maximum absolute atomic E-state index is 15.0. The number of carbonyl (C=O) groups excluding carboxylic acids is 6. The molecule has 149 heavy (non-hydrogen) atoms. The molecule has 0 aliphatic carbocycles. The fourth-order valence-electron chi connectivity index (χ4n) is 15.1. The number of aliphatic hydroxyl groups excluding tert-OH is 2. The van der Waals surface area contributed by atoms with Gasteiger partial charge in [-0.3, -0.25) is 0 Å². The number of benzene rings is 12. The third kappa shape index (κ3) is 25.2. The molecule has 0 spiro atoms. The van der Waals surface area contributed by atoms with Gasteiger partial charge in [-0.25, -0.2) is 57.5 Å². The third-order valence-corrected chi connectivity index (χ3v) is 22.7. The highest BCUT2D eigenvalue weighted by atomic mass is 19.4. The monoisotopic (exact) mass is 2100 g/mol. The number of phenolic OH excluding ortho intramolecular Hbond substituents is 2. The topological polar surface area (TPSA) is 463 Å². The van der Waals surface area contributed by atoms with Crippen LogP contribution >= 0.6 is 0 Å². The van der Waals surface area contributed by atoms with Gasteiger partial charge in [0.15, 0.2) is 0 Å². The fraction of sp³-hybridized carbons (Fsp3) is 0.184. The standard InChI is InChI=1S/C35H26F6O10.C35H26F6O8.C33H22F6O10/c36-34(37,38)33(35(39,40)41,23-10-12-26(27(13-23)30(46)47)31(48)50-17-21-5-1-19(15-42)2-6-21)24-9-11-25(29(44)45)28(14-24)32(49)51-18-22-7-3-20(16-43)4-8-22;1-19-3-7-21(8-4-19)17-48-31(46)26-14-12-23(15-27(26)30(44)45)33(34(36,37)38,35(39,40)41)24-11-13-25(29(42)43)28(16-24)32(47)49-18-22-9-5-20(2)6-10-22;34-32(35,36)31(33(37,38)39,19-6-12-24(25(13-19)28(44)45)29(46)48-15-17-1-7-21(40)8-2-17)20-5-11-23(27(42)43)26(14-20)30(47)49-16-18-3-9-22(41)10-4-18/h1-14,42-43H,15-18H2,(H,44,45)(H,46,47);3-16H,17-18H2,1-2H3,(H,42,43)(H,44,45);1-14,40-41H,15-16H2,(H,42,43)(H,44,45). The highest BCUT2D eigenvalue weighted by Gasteiger charge is 2.76. The number of halogens is 18. The zero-order valence-electron chi connectivity index (χ0n) is 76.0. The third-order valence-electron chi connectivity index (χ3n) is 22.7. The Labute approximate surface area is 826 Å². The van der Waals surface area contributed by atoms with Crippen LogP contribution in [0, 0.1) is 13.8 Å². The van der Waals surface area contributed by atoms with Crippen molar-refractivity contribution in [2.24, 2.45) is 0 Å². The van der Waals surface area contributed by atoms with E-state index in [1.54, 1.807) is 50.2 Å². The van der Waals surface area contributed by atoms with Crippen LogP contribution in [0.15, 0.2) is 255 Å². The first-order valence-electron chi connectivity index (χ1n) is 42.4. The Balaban J connectivity index is 0.000000229. The molecule has 12 aromatic carbocycles. The number of aliphatic hydroxyl groups is 2. The first-order chi connectivity index (χ1) is 69.7. The number of carboxylic acid groups (broad SMARTS) is 6. The summed E-state index contributed by atoms with van der Waals surface area (Å²) < 4.78 is 300. The zero-order valence-corrected chi connectivity index (χ0v) is 76.0. The lowest BCUT2D eigenvalue weighted by atomic mass is 9.71. The van der Waals surface area contributed by atoms with Crippen LogP contribution in [0.4, 0.5) is 79.0 Å². The molecule has 0 unspecified atom stereocenters. The molecule has 12 rings (SSSR count). The highest BCUT2D eigenvalue weighted by molar-refractivity contribution is 6.07. The molecule has 10 N–H and O–H groups in total. The summed E-state index contributed by atoms with van der Waals surface area (Å²) in [6, 6.07) is 38.6. The lowest BCUT2D eigenvalue weighted by molar-refractivity contribution is -0.290. The number of alkyl halides is 18. The van der Waals surface area contributed by atoms with Gasteiger partial charge in [0, 0.05) is 0 Å². The number of aromatic hydroxyl groups is 2. The van der Waals surface area contributed by atoms with Gasteiger partial charge >= 0.3 is 109 Å². The number of aryl methyl sites for hydroxylation is 2. The minimum atomic E-state index is -6.31. The van der Waals surface area contributed by atoms with E-state index in [-0.39, 0.29) is 115 Å². The summed E-state index contributed by atoms with van der Waals surface area (Å²) in [5, 5.41) is 95.2. The van der Waals surface area contributed by atoms with Gasteiger partial charge in [-0.05, 0) is 189 Å². The van der Waals surface area contributed by atoms with Crippen molar-refractivity contribution < 1.29 is 216 Å². The molecule has 0 aliphatic heterocycles. The molecule has 28 nitrogen and oxygen atoms in total. The Morgan fingerprint density at radius 3 is 0.517 bits per heavy atom. The molecule has 0 aromatic heterocycles. The Bertz CT molecular complexity index is 6740. The van der Waals surface area contributed by atoms with E-state index in [0.29, 0.717) is 69.8 Å². The minimum absolute atomic E-state index is 0.00557. The number of phenols is 2. The highest BCUT2D eigenvalue weighted by Crippen LogP contribution is 2.60. The second kappa shape index (κ2) is 45.9. The molecular weight excluding hydrogens is 2030 g/mol. The SMILES string of the molecule is Cc1ccc(COC(=O)c2ccc(C(c3ccc(C(=O)O)c(C(=O)OCc4ccc(C)cc4)c3)(C(F)(F)F)C(F)(F)F)cc2C(=O)O)cc1.O=C(O)c1cc(C(c2ccc(C(=O)O)c(C(=O)OCc3ccc(CO)cc3)c2)(C(F)(F)F)C(F)(F)F)ccc1C(=O)OCc1ccc(CO)cc1.O=C(O)c1cc(C(c2ccc(C(=O)O)c(C(=O)OCc3ccc(O)cc3)c2)(C(F)(F)F)C(F)(F)F)ccc1C(=O)OCc1ccc(O)cc1. The molecule has 12 aromatic rings.